The van der Waals surface area contributed by atoms with E-state index in [4.69, 9.17) is 4.74 Å². The summed E-state index contributed by atoms with van der Waals surface area (Å²) in [5, 5.41) is 0. The predicted octanol–water partition coefficient (Wildman–Crippen LogP) is 4.15. The van der Waals surface area contributed by atoms with E-state index in [1.54, 1.807) is 0 Å². The van der Waals surface area contributed by atoms with E-state index in [1.165, 1.54) is 11.1 Å². The number of hydrogen-bond acceptors (Lipinski definition) is 1. The SMILES string of the molecule is C/C=C\C(C)Cc1ccc(OCC)cc1C. The molecule has 0 aromatic heterocycles. The van der Waals surface area contributed by atoms with Gasteiger partial charge in [-0.3, -0.25) is 0 Å². The molecule has 0 fully saturated rings. The summed E-state index contributed by atoms with van der Waals surface area (Å²) in [6, 6.07) is 6.37. The lowest BCUT2D eigenvalue weighted by Crippen LogP contribution is -1.99. The molecule has 0 radical (unpaired) electrons. The van der Waals surface area contributed by atoms with Crippen molar-refractivity contribution in [3.63, 3.8) is 0 Å². The van der Waals surface area contributed by atoms with Crippen molar-refractivity contribution in [3.8, 4) is 5.75 Å². The standard InChI is InChI=1S/C15H22O/c1-5-7-12(3)10-14-8-9-15(16-6-2)11-13(14)4/h5,7-9,11-12H,6,10H2,1-4H3/b7-5-. The second kappa shape index (κ2) is 6.37. The van der Waals surface area contributed by atoms with Crippen molar-refractivity contribution >= 4 is 0 Å². The smallest absolute Gasteiger partial charge is 0.119 e. The molecule has 88 valence electrons. The summed E-state index contributed by atoms with van der Waals surface area (Å²) >= 11 is 0. The Kier molecular flexibility index (Phi) is 5.10. The van der Waals surface area contributed by atoms with Crippen molar-refractivity contribution in [2.45, 2.75) is 34.1 Å². The molecule has 1 unspecified atom stereocenters. The van der Waals surface area contributed by atoms with Crippen LogP contribution in [0.5, 0.6) is 5.75 Å². The molecule has 0 spiro atoms. The summed E-state index contributed by atoms with van der Waals surface area (Å²) < 4.78 is 5.48. The van der Waals surface area contributed by atoms with Gasteiger partial charge in [-0.05, 0) is 56.4 Å². The second-order valence-electron chi connectivity index (χ2n) is 4.23. The summed E-state index contributed by atoms with van der Waals surface area (Å²) in [7, 11) is 0. The molecule has 1 aromatic carbocycles. The highest BCUT2D eigenvalue weighted by molar-refractivity contribution is 5.35. The van der Waals surface area contributed by atoms with Crippen molar-refractivity contribution < 1.29 is 4.74 Å². The Labute approximate surface area is 99.1 Å². The summed E-state index contributed by atoms with van der Waals surface area (Å²) in [6.07, 6.45) is 5.47. The lowest BCUT2D eigenvalue weighted by atomic mass is 9.97. The molecular formula is C15H22O. The van der Waals surface area contributed by atoms with Crippen LogP contribution in [0.1, 0.15) is 31.9 Å². The first-order valence-corrected chi connectivity index (χ1v) is 6.02. The van der Waals surface area contributed by atoms with Gasteiger partial charge < -0.3 is 4.74 Å². The van der Waals surface area contributed by atoms with Crippen LogP contribution in [0.2, 0.25) is 0 Å². The topological polar surface area (TPSA) is 9.23 Å². The van der Waals surface area contributed by atoms with Gasteiger partial charge >= 0.3 is 0 Å². The van der Waals surface area contributed by atoms with Gasteiger partial charge in [-0.15, -0.1) is 0 Å². The number of allylic oxidation sites excluding steroid dienone is 2. The number of ether oxygens (including phenoxy) is 1. The van der Waals surface area contributed by atoms with Crippen LogP contribution in [-0.4, -0.2) is 6.61 Å². The van der Waals surface area contributed by atoms with Crippen molar-refractivity contribution in [1.29, 1.82) is 0 Å². The van der Waals surface area contributed by atoms with Crippen molar-refractivity contribution in [2.24, 2.45) is 5.92 Å². The molecule has 1 rings (SSSR count). The summed E-state index contributed by atoms with van der Waals surface area (Å²) in [5.41, 5.74) is 2.73. The second-order valence-corrected chi connectivity index (χ2v) is 4.23. The van der Waals surface area contributed by atoms with E-state index in [9.17, 15) is 0 Å². The Hall–Kier alpha value is -1.24. The largest absolute Gasteiger partial charge is 0.494 e. The zero-order chi connectivity index (χ0) is 12.0. The molecule has 1 nitrogen and oxygen atoms in total. The van der Waals surface area contributed by atoms with E-state index in [0.29, 0.717) is 5.92 Å². The van der Waals surface area contributed by atoms with E-state index in [1.807, 2.05) is 6.92 Å². The fraction of sp³-hybridized carbons (Fsp3) is 0.467. The number of aryl methyl sites for hydroxylation is 1. The number of hydrogen-bond donors (Lipinski definition) is 0. The summed E-state index contributed by atoms with van der Waals surface area (Å²) in [4.78, 5) is 0. The third-order valence-corrected chi connectivity index (χ3v) is 2.69. The molecule has 1 atom stereocenters. The van der Waals surface area contributed by atoms with Gasteiger partial charge in [-0.1, -0.05) is 25.1 Å². The first-order valence-electron chi connectivity index (χ1n) is 6.02. The molecule has 0 saturated carbocycles. The molecule has 0 amide bonds. The minimum Gasteiger partial charge on any atom is -0.494 e. The minimum absolute atomic E-state index is 0.599. The monoisotopic (exact) mass is 218 g/mol. The van der Waals surface area contributed by atoms with E-state index < -0.39 is 0 Å². The molecule has 0 bridgehead atoms. The van der Waals surface area contributed by atoms with Gasteiger partial charge in [0.1, 0.15) is 5.75 Å². The van der Waals surface area contributed by atoms with Crippen LogP contribution in [-0.2, 0) is 6.42 Å². The molecule has 0 aliphatic carbocycles. The van der Waals surface area contributed by atoms with Gasteiger partial charge in [0.15, 0.2) is 0 Å². The van der Waals surface area contributed by atoms with Gasteiger partial charge in [0.2, 0.25) is 0 Å². The Balaban J connectivity index is 2.74. The highest BCUT2D eigenvalue weighted by Gasteiger charge is 2.04. The first-order chi connectivity index (χ1) is 7.67. The Morgan fingerprint density at radius 3 is 2.69 bits per heavy atom. The van der Waals surface area contributed by atoms with Gasteiger partial charge in [0, 0.05) is 0 Å². The molecule has 16 heavy (non-hydrogen) atoms. The number of benzene rings is 1. The highest BCUT2D eigenvalue weighted by Crippen LogP contribution is 2.20. The Bertz CT molecular complexity index is 352. The molecule has 0 heterocycles. The maximum absolute atomic E-state index is 5.48. The van der Waals surface area contributed by atoms with Crippen LogP contribution in [0.3, 0.4) is 0 Å². The highest BCUT2D eigenvalue weighted by atomic mass is 16.5. The fourth-order valence-corrected chi connectivity index (χ4v) is 1.90. The van der Waals surface area contributed by atoms with Crippen LogP contribution in [0.15, 0.2) is 30.4 Å². The van der Waals surface area contributed by atoms with Gasteiger partial charge in [0.05, 0.1) is 6.61 Å². The Morgan fingerprint density at radius 2 is 2.12 bits per heavy atom. The van der Waals surface area contributed by atoms with Crippen LogP contribution in [0, 0.1) is 12.8 Å². The zero-order valence-electron chi connectivity index (χ0n) is 10.8. The molecule has 0 aliphatic heterocycles. The maximum atomic E-state index is 5.48. The summed E-state index contributed by atoms with van der Waals surface area (Å²) in [6.45, 7) is 9.21. The molecule has 1 aromatic rings. The van der Waals surface area contributed by atoms with Crippen LogP contribution in [0.4, 0.5) is 0 Å². The van der Waals surface area contributed by atoms with E-state index in [2.05, 4.69) is 51.1 Å². The predicted molar refractivity (Wildman–Crippen MR) is 70.0 cm³/mol. The minimum atomic E-state index is 0.599. The van der Waals surface area contributed by atoms with E-state index in [0.717, 1.165) is 18.8 Å². The van der Waals surface area contributed by atoms with E-state index >= 15 is 0 Å². The van der Waals surface area contributed by atoms with Gasteiger partial charge in [-0.2, -0.15) is 0 Å². The fourth-order valence-electron chi connectivity index (χ4n) is 1.90. The van der Waals surface area contributed by atoms with Crippen LogP contribution < -0.4 is 4.74 Å². The quantitative estimate of drug-likeness (QED) is 0.675. The first kappa shape index (κ1) is 12.8. The van der Waals surface area contributed by atoms with Crippen molar-refractivity contribution in [2.75, 3.05) is 6.61 Å². The van der Waals surface area contributed by atoms with Crippen molar-refractivity contribution in [3.05, 3.63) is 41.5 Å². The van der Waals surface area contributed by atoms with Crippen LogP contribution in [0.25, 0.3) is 0 Å². The maximum Gasteiger partial charge on any atom is 0.119 e. The molecule has 0 aliphatic rings. The Morgan fingerprint density at radius 1 is 1.38 bits per heavy atom. The lowest BCUT2D eigenvalue weighted by molar-refractivity contribution is 0.340. The zero-order valence-corrected chi connectivity index (χ0v) is 10.8. The van der Waals surface area contributed by atoms with Crippen LogP contribution >= 0.6 is 0 Å². The molecule has 0 saturated heterocycles. The third kappa shape index (κ3) is 3.73. The van der Waals surface area contributed by atoms with Gasteiger partial charge in [-0.25, -0.2) is 0 Å². The third-order valence-electron chi connectivity index (χ3n) is 2.69. The lowest BCUT2D eigenvalue weighted by Gasteiger charge is -2.11. The molecule has 0 N–H and O–H groups in total. The average Bonchev–Trinajstić information content (AvgIpc) is 2.23. The average molecular weight is 218 g/mol. The molecule has 1 heteroatoms. The summed E-state index contributed by atoms with van der Waals surface area (Å²) in [5.74, 6) is 1.57. The number of rotatable bonds is 5. The van der Waals surface area contributed by atoms with Gasteiger partial charge in [0.25, 0.3) is 0 Å². The van der Waals surface area contributed by atoms with Crippen molar-refractivity contribution in [1.82, 2.24) is 0 Å². The van der Waals surface area contributed by atoms with E-state index in [-0.39, 0.29) is 0 Å². The molecular weight excluding hydrogens is 196 g/mol. The normalized spacial score (nSPS) is 13.0.